The number of aromatic nitrogens is 1. The summed E-state index contributed by atoms with van der Waals surface area (Å²) in [5.74, 6) is -1.23. The number of carbonyl (C=O) groups excluding carboxylic acids is 2. The average Bonchev–Trinajstić information content (AvgIpc) is 3.28. The second-order valence-corrected chi connectivity index (χ2v) is 10.8. The first-order valence-electron chi connectivity index (χ1n) is 11.1. The van der Waals surface area contributed by atoms with Gasteiger partial charge in [0.2, 0.25) is 0 Å². The van der Waals surface area contributed by atoms with E-state index in [1.165, 1.54) is 66.8 Å². The molecule has 3 aromatic rings. The minimum Gasteiger partial charge on any atom is -0.452 e. The molecule has 0 atom stereocenters. The number of anilines is 1. The van der Waals surface area contributed by atoms with Crippen molar-refractivity contribution in [2.45, 2.75) is 43.9 Å². The van der Waals surface area contributed by atoms with Crippen molar-refractivity contribution in [3.8, 4) is 11.3 Å². The highest BCUT2D eigenvalue weighted by atomic mass is 32.2. The summed E-state index contributed by atoms with van der Waals surface area (Å²) in [7, 11) is -3.35. The van der Waals surface area contributed by atoms with E-state index in [1.807, 2.05) is 17.5 Å². The molecule has 2 aromatic carbocycles. The molecule has 34 heavy (non-hydrogen) atoms. The average molecular weight is 501 g/mol. The molecule has 0 aliphatic carbocycles. The Hall–Kier alpha value is -3.04. The van der Waals surface area contributed by atoms with E-state index in [0.717, 1.165) is 23.9 Å². The Morgan fingerprint density at radius 3 is 2.35 bits per heavy atom. The Morgan fingerprint density at radius 2 is 1.71 bits per heavy atom. The molecule has 1 amide bonds. The second-order valence-electron chi connectivity index (χ2n) is 7.97. The van der Waals surface area contributed by atoms with Gasteiger partial charge in [-0.15, -0.1) is 11.3 Å². The lowest BCUT2D eigenvalue weighted by Gasteiger charge is -2.05. The predicted octanol–water partition coefficient (Wildman–Crippen LogP) is 5.13. The summed E-state index contributed by atoms with van der Waals surface area (Å²) in [4.78, 5) is 28.8. The van der Waals surface area contributed by atoms with E-state index in [-0.39, 0.29) is 10.5 Å². The number of esters is 1. The molecule has 0 aliphatic heterocycles. The Morgan fingerprint density at radius 1 is 1.00 bits per heavy atom. The van der Waals surface area contributed by atoms with Crippen molar-refractivity contribution < 1.29 is 22.7 Å². The van der Waals surface area contributed by atoms with E-state index in [1.54, 1.807) is 0 Å². The summed E-state index contributed by atoms with van der Waals surface area (Å²) in [5, 5.41) is 4.91. The van der Waals surface area contributed by atoms with E-state index in [4.69, 9.17) is 4.74 Å². The molecule has 1 heterocycles. The van der Waals surface area contributed by atoms with Gasteiger partial charge in [-0.25, -0.2) is 18.2 Å². The number of hydrogen-bond donors (Lipinski definition) is 1. The van der Waals surface area contributed by atoms with Gasteiger partial charge in [-0.1, -0.05) is 50.5 Å². The maximum absolute atomic E-state index is 12.2. The van der Waals surface area contributed by atoms with E-state index < -0.39 is 28.3 Å². The molecular weight excluding hydrogens is 472 g/mol. The third kappa shape index (κ3) is 7.50. The maximum atomic E-state index is 12.2. The number of unbranched alkanes of at least 4 members (excludes halogenated alkanes) is 3. The molecule has 0 unspecified atom stereocenters. The monoisotopic (exact) mass is 500 g/mol. The van der Waals surface area contributed by atoms with Gasteiger partial charge < -0.3 is 4.74 Å². The maximum Gasteiger partial charge on any atom is 0.338 e. The molecule has 180 valence electrons. The fourth-order valence-corrected chi connectivity index (χ4v) is 4.64. The van der Waals surface area contributed by atoms with E-state index >= 15 is 0 Å². The van der Waals surface area contributed by atoms with E-state index in [0.29, 0.717) is 5.13 Å². The highest BCUT2D eigenvalue weighted by Crippen LogP contribution is 2.25. The van der Waals surface area contributed by atoms with Crippen molar-refractivity contribution in [3.63, 3.8) is 0 Å². The molecule has 9 heteroatoms. The van der Waals surface area contributed by atoms with Crippen LogP contribution in [0.15, 0.2) is 58.8 Å². The third-order valence-electron chi connectivity index (χ3n) is 5.17. The van der Waals surface area contributed by atoms with Gasteiger partial charge in [0.05, 0.1) is 16.2 Å². The number of benzene rings is 2. The van der Waals surface area contributed by atoms with Gasteiger partial charge >= 0.3 is 5.97 Å². The van der Waals surface area contributed by atoms with Crippen LogP contribution in [0.5, 0.6) is 0 Å². The van der Waals surface area contributed by atoms with Crippen LogP contribution in [0.3, 0.4) is 0 Å². The zero-order chi connectivity index (χ0) is 24.6. The first-order valence-corrected chi connectivity index (χ1v) is 13.9. The summed E-state index contributed by atoms with van der Waals surface area (Å²) < 4.78 is 28.0. The second kappa shape index (κ2) is 11.9. The molecule has 0 radical (unpaired) electrons. The van der Waals surface area contributed by atoms with Crippen LogP contribution in [0.1, 0.15) is 48.5 Å². The molecule has 0 aliphatic rings. The van der Waals surface area contributed by atoms with Gasteiger partial charge in [0.25, 0.3) is 5.91 Å². The SMILES string of the molecule is CCCCCCc1ccc(-c2csc(NC(=O)COC(=O)c3ccc(S(C)(=O)=O)cc3)n2)cc1. The number of sulfone groups is 1. The number of ether oxygens (including phenoxy) is 1. The van der Waals surface area contributed by atoms with Crippen LogP contribution in [0.2, 0.25) is 0 Å². The third-order valence-corrected chi connectivity index (χ3v) is 7.06. The van der Waals surface area contributed by atoms with Crippen molar-refractivity contribution in [1.29, 1.82) is 0 Å². The van der Waals surface area contributed by atoms with Crippen LogP contribution in [0.4, 0.5) is 5.13 Å². The predicted molar refractivity (Wildman–Crippen MR) is 134 cm³/mol. The Labute approximate surface area is 204 Å². The summed E-state index contributed by atoms with van der Waals surface area (Å²) >= 11 is 1.29. The number of thiazole rings is 1. The van der Waals surface area contributed by atoms with Crippen LogP contribution < -0.4 is 5.32 Å². The lowest BCUT2D eigenvalue weighted by Crippen LogP contribution is -2.20. The molecule has 0 spiro atoms. The van der Waals surface area contributed by atoms with Crippen molar-refractivity contribution in [1.82, 2.24) is 4.98 Å². The van der Waals surface area contributed by atoms with Crippen LogP contribution in [-0.2, 0) is 25.8 Å². The highest BCUT2D eigenvalue weighted by molar-refractivity contribution is 7.90. The smallest absolute Gasteiger partial charge is 0.338 e. The Bertz CT molecular complexity index is 1220. The number of nitrogens with one attached hydrogen (secondary N) is 1. The van der Waals surface area contributed by atoms with Crippen molar-refractivity contribution in [2.75, 3.05) is 18.2 Å². The Balaban J connectivity index is 1.49. The lowest BCUT2D eigenvalue weighted by atomic mass is 10.0. The summed E-state index contributed by atoms with van der Waals surface area (Å²) in [6, 6.07) is 13.6. The van der Waals surface area contributed by atoms with Gasteiger partial charge in [0, 0.05) is 17.2 Å². The van der Waals surface area contributed by atoms with E-state index in [9.17, 15) is 18.0 Å². The molecule has 0 bridgehead atoms. The molecular formula is C25H28N2O5S2. The highest BCUT2D eigenvalue weighted by Gasteiger charge is 2.14. The molecule has 7 nitrogen and oxygen atoms in total. The van der Waals surface area contributed by atoms with Crippen molar-refractivity contribution in [2.24, 2.45) is 0 Å². The Kier molecular flexibility index (Phi) is 8.95. The number of aryl methyl sites for hydroxylation is 1. The standard InChI is InChI=1S/C25H28N2O5S2/c1-3-4-5-6-7-18-8-10-19(11-9-18)22-17-33-25(26-22)27-23(28)16-32-24(29)20-12-14-21(15-13-20)34(2,30)31/h8-15,17H,3-7,16H2,1-2H3,(H,26,27,28). The first-order chi connectivity index (χ1) is 16.3. The number of carbonyl (C=O) groups is 2. The van der Waals surface area contributed by atoms with Crippen molar-refractivity contribution >= 4 is 38.2 Å². The quantitative estimate of drug-likeness (QED) is 0.289. The number of nitrogens with zero attached hydrogens (tertiary/aromatic N) is 1. The zero-order valence-electron chi connectivity index (χ0n) is 19.2. The first kappa shape index (κ1) is 25.6. The van der Waals surface area contributed by atoms with Crippen LogP contribution in [-0.4, -0.2) is 38.1 Å². The molecule has 0 saturated carbocycles. The fraction of sp³-hybridized carbons (Fsp3) is 0.320. The van der Waals surface area contributed by atoms with Gasteiger partial charge in [0.15, 0.2) is 21.6 Å². The minimum absolute atomic E-state index is 0.1000. The molecule has 0 fully saturated rings. The fourth-order valence-electron chi connectivity index (χ4n) is 3.27. The van der Waals surface area contributed by atoms with Gasteiger partial charge in [-0.3, -0.25) is 10.1 Å². The van der Waals surface area contributed by atoms with Crippen LogP contribution in [0.25, 0.3) is 11.3 Å². The normalized spacial score (nSPS) is 11.2. The molecule has 1 aromatic heterocycles. The van der Waals surface area contributed by atoms with Crippen LogP contribution in [0, 0.1) is 0 Å². The summed E-state index contributed by atoms with van der Waals surface area (Å²) in [6.45, 7) is 1.73. The summed E-state index contributed by atoms with van der Waals surface area (Å²) in [6.07, 6.45) is 7.08. The molecule has 3 rings (SSSR count). The summed E-state index contributed by atoms with van der Waals surface area (Å²) in [5.41, 5.74) is 3.20. The number of rotatable bonds is 11. The van der Waals surface area contributed by atoms with Gasteiger partial charge in [-0.05, 0) is 42.7 Å². The van der Waals surface area contributed by atoms with Gasteiger partial charge in [-0.2, -0.15) is 0 Å². The van der Waals surface area contributed by atoms with Crippen LogP contribution >= 0.6 is 11.3 Å². The molecule has 0 saturated heterocycles. The van der Waals surface area contributed by atoms with Crippen molar-refractivity contribution in [3.05, 3.63) is 65.0 Å². The van der Waals surface area contributed by atoms with E-state index in [2.05, 4.69) is 29.4 Å². The zero-order valence-corrected chi connectivity index (χ0v) is 20.9. The number of amides is 1. The minimum atomic E-state index is -3.35. The molecule has 1 N–H and O–H groups in total. The van der Waals surface area contributed by atoms with Gasteiger partial charge in [0.1, 0.15) is 0 Å². The number of hydrogen-bond acceptors (Lipinski definition) is 7. The topological polar surface area (TPSA) is 102 Å². The largest absolute Gasteiger partial charge is 0.452 e. The lowest BCUT2D eigenvalue weighted by molar-refractivity contribution is -0.119.